The minimum absolute atomic E-state index is 0.0116. The second-order valence-corrected chi connectivity index (χ2v) is 5.36. The van der Waals surface area contributed by atoms with E-state index in [-0.39, 0.29) is 16.9 Å². The van der Waals surface area contributed by atoms with Gasteiger partial charge in [0.25, 0.3) is 5.91 Å². The van der Waals surface area contributed by atoms with Crippen LogP contribution in [0.1, 0.15) is 10.4 Å². The summed E-state index contributed by atoms with van der Waals surface area (Å²) in [6.07, 6.45) is 0. The molecule has 0 aromatic heterocycles. The van der Waals surface area contributed by atoms with Crippen LogP contribution in [-0.2, 0) is 0 Å². The van der Waals surface area contributed by atoms with E-state index in [0.717, 1.165) is 10.5 Å². The Morgan fingerprint density at radius 3 is 2.55 bits per heavy atom. The molecular weight excluding hydrogens is 349 g/mol. The molecule has 7 heteroatoms. The molecule has 1 amide bonds. The second kappa shape index (κ2) is 5.68. The monoisotopic (exact) mass is 357 g/mol. The Morgan fingerprint density at radius 1 is 1.25 bits per heavy atom. The summed E-state index contributed by atoms with van der Waals surface area (Å²) in [6.45, 7) is 0. The summed E-state index contributed by atoms with van der Waals surface area (Å²) in [6, 6.07) is 7.37. The zero-order valence-corrected chi connectivity index (χ0v) is 12.4. The molecule has 2 aromatic rings. The van der Waals surface area contributed by atoms with Gasteiger partial charge >= 0.3 is 0 Å². The molecule has 0 bridgehead atoms. The zero-order valence-electron chi connectivity index (χ0n) is 10.1. The molecule has 20 heavy (non-hydrogen) atoms. The van der Waals surface area contributed by atoms with Crippen molar-refractivity contribution in [2.75, 3.05) is 11.1 Å². The zero-order chi connectivity index (χ0) is 14.9. The van der Waals surface area contributed by atoms with E-state index in [1.165, 1.54) is 6.07 Å². The molecule has 0 spiro atoms. The van der Waals surface area contributed by atoms with Gasteiger partial charge in [0.1, 0.15) is 5.82 Å². The van der Waals surface area contributed by atoms with E-state index in [1.54, 1.807) is 18.2 Å². The Labute approximate surface area is 128 Å². The van der Waals surface area contributed by atoms with E-state index in [4.69, 9.17) is 23.1 Å². The largest absolute Gasteiger partial charge is 0.398 e. The number of anilines is 3. The number of hydrogen-bond donors (Lipinski definition) is 3. The van der Waals surface area contributed by atoms with Crippen molar-refractivity contribution < 1.29 is 9.18 Å². The highest BCUT2D eigenvalue weighted by atomic mass is 79.9. The first-order valence-electron chi connectivity index (χ1n) is 5.49. The van der Waals surface area contributed by atoms with Gasteiger partial charge in [-0.15, -0.1) is 0 Å². The van der Waals surface area contributed by atoms with Crippen molar-refractivity contribution in [1.29, 1.82) is 0 Å². The molecule has 0 atom stereocenters. The van der Waals surface area contributed by atoms with Crippen molar-refractivity contribution in [3.05, 3.63) is 51.2 Å². The summed E-state index contributed by atoms with van der Waals surface area (Å²) in [4.78, 5) is 11.2. The molecule has 0 saturated carbocycles. The lowest BCUT2D eigenvalue weighted by Gasteiger charge is -2.12. The van der Waals surface area contributed by atoms with E-state index in [1.807, 2.05) is 0 Å². The molecule has 0 fully saturated rings. The van der Waals surface area contributed by atoms with Crippen molar-refractivity contribution in [2.45, 2.75) is 0 Å². The summed E-state index contributed by atoms with van der Waals surface area (Å²) in [7, 11) is 0. The predicted molar refractivity (Wildman–Crippen MR) is 81.8 cm³/mol. The van der Waals surface area contributed by atoms with Gasteiger partial charge in [-0.25, -0.2) is 4.39 Å². The maximum absolute atomic E-state index is 13.8. The smallest absolute Gasteiger partial charge is 0.250 e. The third-order valence-electron chi connectivity index (χ3n) is 2.61. The van der Waals surface area contributed by atoms with Gasteiger partial charge in [0.05, 0.1) is 22.0 Å². The Hall–Kier alpha value is -1.79. The lowest BCUT2D eigenvalue weighted by molar-refractivity contribution is 0.100. The number of rotatable bonds is 3. The molecule has 0 heterocycles. The molecule has 5 N–H and O–H groups in total. The maximum atomic E-state index is 13.8. The predicted octanol–water partition coefficient (Wildman–Crippen LogP) is 3.67. The number of nitrogens with two attached hydrogens (primary N) is 2. The molecule has 0 aliphatic carbocycles. The van der Waals surface area contributed by atoms with E-state index < -0.39 is 11.7 Å². The molecular formula is C13H10BrClFN3O. The van der Waals surface area contributed by atoms with Crippen LogP contribution in [0, 0.1) is 5.82 Å². The number of halogens is 3. The Morgan fingerprint density at radius 2 is 1.95 bits per heavy atom. The number of nitrogens with one attached hydrogen (secondary N) is 1. The average molecular weight is 359 g/mol. The number of nitrogen functional groups attached to an aromatic ring is 1. The van der Waals surface area contributed by atoms with Crippen LogP contribution in [0.25, 0.3) is 0 Å². The molecule has 0 unspecified atom stereocenters. The lowest BCUT2D eigenvalue weighted by Crippen LogP contribution is -2.14. The summed E-state index contributed by atoms with van der Waals surface area (Å²) in [5.74, 6) is -1.33. The number of primary amides is 1. The molecule has 0 radical (unpaired) electrons. The first kappa shape index (κ1) is 14.6. The van der Waals surface area contributed by atoms with Gasteiger partial charge in [-0.1, -0.05) is 27.5 Å². The van der Waals surface area contributed by atoms with Crippen LogP contribution < -0.4 is 16.8 Å². The van der Waals surface area contributed by atoms with Gasteiger partial charge in [0.15, 0.2) is 0 Å². The topological polar surface area (TPSA) is 81.1 Å². The van der Waals surface area contributed by atoms with Crippen LogP contribution in [0.5, 0.6) is 0 Å². The Bertz CT molecular complexity index is 694. The molecule has 2 aromatic carbocycles. The standard InChI is InChI=1S/C13H10BrClFN3O/c14-6-1-2-11(8(15)3-6)19-12-4-7(13(18)20)10(17)5-9(12)16/h1-5,19H,17H2,(H2,18,20). The minimum Gasteiger partial charge on any atom is -0.398 e. The summed E-state index contributed by atoms with van der Waals surface area (Å²) in [5, 5.41) is 3.20. The fourth-order valence-corrected chi connectivity index (χ4v) is 2.35. The highest BCUT2D eigenvalue weighted by Gasteiger charge is 2.13. The Balaban J connectivity index is 2.43. The second-order valence-electron chi connectivity index (χ2n) is 4.03. The van der Waals surface area contributed by atoms with E-state index in [2.05, 4.69) is 21.2 Å². The van der Waals surface area contributed by atoms with Crippen molar-refractivity contribution in [3.8, 4) is 0 Å². The third kappa shape index (κ3) is 3.02. The lowest BCUT2D eigenvalue weighted by atomic mass is 10.1. The van der Waals surface area contributed by atoms with E-state index in [0.29, 0.717) is 10.7 Å². The van der Waals surface area contributed by atoms with Gasteiger partial charge in [-0.3, -0.25) is 4.79 Å². The van der Waals surface area contributed by atoms with Crippen LogP contribution >= 0.6 is 27.5 Å². The van der Waals surface area contributed by atoms with E-state index in [9.17, 15) is 9.18 Å². The van der Waals surface area contributed by atoms with Crippen molar-refractivity contribution >= 4 is 50.5 Å². The summed E-state index contributed by atoms with van der Waals surface area (Å²) >= 11 is 9.31. The van der Waals surface area contributed by atoms with Crippen molar-refractivity contribution in [3.63, 3.8) is 0 Å². The van der Waals surface area contributed by atoms with Crippen molar-refractivity contribution in [2.24, 2.45) is 5.73 Å². The molecule has 0 saturated heterocycles. The fraction of sp³-hybridized carbons (Fsp3) is 0. The van der Waals surface area contributed by atoms with Crippen LogP contribution in [-0.4, -0.2) is 5.91 Å². The number of carbonyl (C=O) groups excluding carboxylic acids is 1. The maximum Gasteiger partial charge on any atom is 0.250 e. The van der Waals surface area contributed by atoms with E-state index >= 15 is 0 Å². The minimum atomic E-state index is -0.729. The molecule has 0 aliphatic rings. The number of hydrogen-bond acceptors (Lipinski definition) is 3. The van der Waals surface area contributed by atoms with Crippen LogP contribution in [0.3, 0.4) is 0 Å². The van der Waals surface area contributed by atoms with Gasteiger partial charge in [0, 0.05) is 10.2 Å². The highest BCUT2D eigenvalue weighted by Crippen LogP contribution is 2.31. The van der Waals surface area contributed by atoms with Crippen molar-refractivity contribution in [1.82, 2.24) is 0 Å². The van der Waals surface area contributed by atoms with Crippen LogP contribution in [0.15, 0.2) is 34.8 Å². The molecule has 104 valence electrons. The fourth-order valence-electron chi connectivity index (χ4n) is 1.63. The molecule has 2 rings (SSSR count). The average Bonchev–Trinajstić information content (AvgIpc) is 2.35. The first-order valence-corrected chi connectivity index (χ1v) is 6.66. The van der Waals surface area contributed by atoms with Gasteiger partial charge < -0.3 is 16.8 Å². The van der Waals surface area contributed by atoms with Gasteiger partial charge in [0.2, 0.25) is 0 Å². The van der Waals surface area contributed by atoms with Gasteiger partial charge in [-0.2, -0.15) is 0 Å². The Kier molecular flexibility index (Phi) is 4.15. The SMILES string of the molecule is NC(=O)c1cc(Nc2ccc(Br)cc2Cl)c(F)cc1N. The summed E-state index contributed by atoms with van der Waals surface area (Å²) < 4.78 is 14.6. The molecule has 4 nitrogen and oxygen atoms in total. The number of carbonyl (C=O) groups is 1. The van der Waals surface area contributed by atoms with Gasteiger partial charge in [-0.05, 0) is 30.3 Å². The quantitative estimate of drug-likeness (QED) is 0.732. The van der Waals surface area contributed by atoms with Crippen LogP contribution in [0.2, 0.25) is 5.02 Å². The normalized spacial score (nSPS) is 10.3. The van der Waals surface area contributed by atoms with Crippen LogP contribution in [0.4, 0.5) is 21.5 Å². The number of amides is 1. The number of benzene rings is 2. The molecule has 0 aliphatic heterocycles. The third-order valence-corrected chi connectivity index (χ3v) is 3.41. The first-order chi connectivity index (χ1) is 9.38. The highest BCUT2D eigenvalue weighted by molar-refractivity contribution is 9.10. The summed E-state index contributed by atoms with van der Waals surface area (Å²) in [5.41, 5.74) is 11.3.